The van der Waals surface area contributed by atoms with Gasteiger partial charge in [0.2, 0.25) is 0 Å². The molecule has 2 aliphatic carbocycles. The lowest BCUT2D eigenvalue weighted by molar-refractivity contribution is -0.335. The van der Waals surface area contributed by atoms with E-state index < -0.39 is 96.1 Å². The summed E-state index contributed by atoms with van der Waals surface area (Å²) in [7, 11) is 0. The standard InChI is InChI=1S/C21H32O11/c1-20(2,29)11-10-7-4-5-8(17(26)27)21(7,3)16(15(11)31-18(10)28)32-19-14(25)13(24)12(23)9(6-22)30-19/h7-16,19,22-25,29H,4-6H2,1-3H3,(H,26,27)/t7-,8-,9+,10+,11-,12-,13-,14+,15+,16-,19-,21+/m1/s1. The molecule has 0 radical (unpaired) electrons. The van der Waals surface area contributed by atoms with E-state index in [0.29, 0.717) is 12.8 Å². The van der Waals surface area contributed by atoms with E-state index in [1.165, 1.54) is 0 Å². The fraction of sp³-hybridized carbons (Fsp3) is 0.905. The van der Waals surface area contributed by atoms with Crippen LogP contribution in [0, 0.1) is 29.1 Å². The van der Waals surface area contributed by atoms with Gasteiger partial charge in [-0.25, -0.2) is 0 Å². The molecule has 6 N–H and O–H groups in total. The molecule has 2 saturated heterocycles. The molecular formula is C21H32O11. The van der Waals surface area contributed by atoms with Crippen molar-refractivity contribution in [2.24, 2.45) is 29.1 Å². The molecule has 4 aliphatic rings. The fourth-order valence-electron chi connectivity index (χ4n) is 6.64. The molecule has 12 atom stereocenters. The third kappa shape index (κ3) is 3.29. The molecule has 0 unspecified atom stereocenters. The van der Waals surface area contributed by atoms with Crippen LogP contribution in [0.15, 0.2) is 0 Å². The number of rotatable bonds is 5. The predicted molar refractivity (Wildman–Crippen MR) is 104 cm³/mol. The summed E-state index contributed by atoms with van der Waals surface area (Å²) in [6.07, 6.45) is -9.08. The second-order valence-electron chi connectivity index (χ2n) is 10.3. The van der Waals surface area contributed by atoms with Crippen LogP contribution in [0.25, 0.3) is 0 Å². The van der Waals surface area contributed by atoms with Gasteiger partial charge in [0.1, 0.15) is 36.6 Å². The number of esters is 1. The van der Waals surface area contributed by atoms with Gasteiger partial charge in [-0.2, -0.15) is 0 Å². The molecule has 11 nitrogen and oxygen atoms in total. The van der Waals surface area contributed by atoms with E-state index in [2.05, 4.69) is 0 Å². The maximum atomic E-state index is 12.8. The number of carboxylic acids is 1. The van der Waals surface area contributed by atoms with Gasteiger partial charge in [-0.1, -0.05) is 6.92 Å². The highest BCUT2D eigenvalue weighted by atomic mass is 16.7. The van der Waals surface area contributed by atoms with Gasteiger partial charge in [0.05, 0.1) is 24.0 Å². The Bertz CT molecular complexity index is 763. The molecule has 32 heavy (non-hydrogen) atoms. The van der Waals surface area contributed by atoms with Gasteiger partial charge in [0.25, 0.3) is 0 Å². The molecule has 182 valence electrons. The normalized spacial score (nSPS) is 50.8. The Kier molecular flexibility index (Phi) is 5.85. The summed E-state index contributed by atoms with van der Waals surface area (Å²) in [5.41, 5.74) is -2.44. The molecular weight excluding hydrogens is 428 g/mol. The summed E-state index contributed by atoms with van der Waals surface area (Å²) in [4.78, 5) is 25.0. The van der Waals surface area contributed by atoms with Crippen LogP contribution in [0.3, 0.4) is 0 Å². The summed E-state index contributed by atoms with van der Waals surface area (Å²) in [5.74, 6) is -4.29. The number of ether oxygens (including phenoxy) is 3. The monoisotopic (exact) mass is 460 g/mol. The number of carboxylic acid groups (broad SMARTS) is 1. The minimum atomic E-state index is -1.70. The lowest BCUT2D eigenvalue weighted by atomic mass is 9.54. The van der Waals surface area contributed by atoms with Gasteiger partial charge >= 0.3 is 11.9 Å². The van der Waals surface area contributed by atoms with Crippen LogP contribution in [0.2, 0.25) is 0 Å². The number of carbonyl (C=O) groups is 2. The zero-order valence-corrected chi connectivity index (χ0v) is 18.2. The largest absolute Gasteiger partial charge is 0.481 e. The average molecular weight is 460 g/mol. The van der Waals surface area contributed by atoms with Crippen molar-refractivity contribution in [3.63, 3.8) is 0 Å². The summed E-state index contributed by atoms with van der Waals surface area (Å²) in [5, 5.41) is 61.0. The van der Waals surface area contributed by atoms with Gasteiger partial charge in [0, 0.05) is 11.3 Å². The zero-order chi connectivity index (χ0) is 23.7. The molecule has 2 saturated carbocycles. The molecule has 0 amide bonds. The van der Waals surface area contributed by atoms with Crippen LogP contribution in [0.5, 0.6) is 0 Å². The quantitative estimate of drug-likeness (QED) is 0.255. The van der Waals surface area contributed by atoms with Crippen molar-refractivity contribution in [3.05, 3.63) is 0 Å². The second-order valence-corrected chi connectivity index (χ2v) is 10.3. The van der Waals surface area contributed by atoms with E-state index in [0.717, 1.165) is 0 Å². The molecule has 0 spiro atoms. The molecule has 0 aromatic carbocycles. The Labute approximate surface area is 184 Å². The molecule has 4 rings (SSSR count). The third-order valence-electron chi connectivity index (χ3n) is 8.17. The lowest BCUT2D eigenvalue weighted by Gasteiger charge is -2.53. The smallest absolute Gasteiger partial charge is 0.310 e. The summed E-state index contributed by atoms with van der Waals surface area (Å²) in [6, 6.07) is 0. The van der Waals surface area contributed by atoms with Crippen molar-refractivity contribution in [3.8, 4) is 0 Å². The Hall–Kier alpha value is -1.34. The minimum Gasteiger partial charge on any atom is -0.481 e. The number of aliphatic carboxylic acids is 1. The SMILES string of the molecule is CC(C)(O)[C@H]1[C@@H]2OC(=O)[C@H]1[C@H]1CC[C@H](C(=O)O)[C@@]1(C)[C@@H]2O[C@H]1O[C@@H](CO)[C@@H](O)[C@@H](O)[C@@H]1O. The van der Waals surface area contributed by atoms with Crippen molar-refractivity contribution in [1.82, 2.24) is 0 Å². The highest BCUT2D eigenvalue weighted by Crippen LogP contribution is 2.64. The zero-order valence-electron chi connectivity index (χ0n) is 18.2. The number of aliphatic hydroxyl groups excluding tert-OH is 4. The maximum absolute atomic E-state index is 12.8. The van der Waals surface area contributed by atoms with Crippen LogP contribution in [-0.4, -0.2) is 97.7 Å². The molecule has 0 aromatic heterocycles. The minimum absolute atomic E-state index is 0.306. The molecule has 4 fully saturated rings. The molecule has 11 heteroatoms. The van der Waals surface area contributed by atoms with Gasteiger partial charge in [-0.05, 0) is 32.6 Å². The van der Waals surface area contributed by atoms with E-state index in [1.54, 1.807) is 20.8 Å². The number of carbonyl (C=O) groups excluding carboxylic acids is 1. The van der Waals surface area contributed by atoms with Crippen LogP contribution < -0.4 is 0 Å². The number of fused-ring (bicyclic) bond motifs is 4. The summed E-state index contributed by atoms with van der Waals surface area (Å²) in [6.45, 7) is 4.16. The second kappa shape index (κ2) is 7.86. The van der Waals surface area contributed by atoms with Gasteiger partial charge in [0.15, 0.2) is 6.29 Å². The predicted octanol–water partition coefficient (Wildman–Crippen LogP) is -1.77. The van der Waals surface area contributed by atoms with E-state index in [1.807, 2.05) is 0 Å². The first-order valence-electron chi connectivity index (χ1n) is 11.0. The molecule has 2 bridgehead atoms. The number of aliphatic hydroxyl groups is 5. The summed E-state index contributed by atoms with van der Waals surface area (Å²) < 4.78 is 17.2. The molecule has 0 aromatic rings. The first-order chi connectivity index (χ1) is 14.8. The van der Waals surface area contributed by atoms with Crippen molar-refractivity contribution < 1.29 is 54.4 Å². The molecule has 2 heterocycles. The van der Waals surface area contributed by atoms with Crippen LogP contribution >= 0.6 is 0 Å². The van der Waals surface area contributed by atoms with Crippen molar-refractivity contribution in [1.29, 1.82) is 0 Å². The van der Waals surface area contributed by atoms with Crippen LogP contribution in [0.4, 0.5) is 0 Å². The first kappa shape index (κ1) is 23.8. The Morgan fingerprint density at radius 3 is 2.41 bits per heavy atom. The summed E-state index contributed by atoms with van der Waals surface area (Å²) >= 11 is 0. The van der Waals surface area contributed by atoms with Crippen molar-refractivity contribution in [2.45, 2.75) is 82.1 Å². The van der Waals surface area contributed by atoms with Crippen LogP contribution in [0.1, 0.15) is 33.6 Å². The first-order valence-corrected chi connectivity index (χ1v) is 11.0. The third-order valence-corrected chi connectivity index (χ3v) is 8.17. The molecule has 2 aliphatic heterocycles. The highest BCUT2D eigenvalue weighted by molar-refractivity contribution is 5.78. The Balaban J connectivity index is 1.75. The van der Waals surface area contributed by atoms with Crippen molar-refractivity contribution >= 4 is 11.9 Å². The van der Waals surface area contributed by atoms with E-state index in [4.69, 9.17) is 14.2 Å². The number of hydrogen-bond donors (Lipinski definition) is 6. The topological polar surface area (TPSA) is 183 Å². The van der Waals surface area contributed by atoms with E-state index in [-0.39, 0.29) is 0 Å². The van der Waals surface area contributed by atoms with Gasteiger partial charge in [-0.3, -0.25) is 9.59 Å². The number of hydrogen-bond acceptors (Lipinski definition) is 10. The van der Waals surface area contributed by atoms with Gasteiger partial charge in [-0.15, -0.1) is 0 Å². The van der Waals surface area contributed by atoms with Crippen LogP contribution in [-0.2, 0) is 23.8 Å². The lowest BCUT2D eigenvalue weighted by Crippen LogP contribution is -2.65. The Morgan fingerprint density at radius 2 is 1.84 bits per heavy atom. The highest BCUT2D eigenvalue weighted by Gasteiger charge is 2.72. The Morgan fingerprint density at radius 1 is 1.19 bits per heavy atom. The van der Waals surface area contributed by atoms with E-state index in [9.17, 15) is 40.2 Å². The van der Waals surface area contributed by atoms with Crippen molar-refractivity contribution in [2.75, 3.05) is 6.61 Å². The van der Waals surface area contributed by atoms with Gasteiger partial charge < -0.3 is 44.8 Å². The maximum Gasteiger partial charge on any atom is 0.310 e. The average Bonchev–Trinajstić information content (AvgIpc) is 3.21. The van der Waals surface area contributed by atoms with E-state index >= 15 is 0 Å². The fourth-order valence-corrected chi connectivity index (χ4v) is 6.64.